The summed E-state index contributed by atoms with van der Waals surface area (Å²) in [6.07, 6.45) is 8.42. The lowest BCUT2D eigenvalue weighted by Gasteiger charge is -2.27. The van der Waals surface area contributed by atoms with Crippen LogP contribution in [0.1, 0.15) is 65.7 Å². The molecule has 3 unspecified atom stereocenters. The van der Waals surface area contributed by atoms with Crippen LogP contribution in [0.15, 0.2) is 0 Å². The molecule has 1 saturated carbocycles. The zero-order chi connectivity index (χ0) is 13.2. The third-order valence-corrected chi connectivity index (χ3v) is 4.52. The highest BCUT2D eigenvalue weighted by atomic mass is 16.2. The monoisotopic (exact) mass is 252 g/mol. The van der Waals surface area contributed by atoms with Crippen LogP contribution in [0.2, 0.25) is 0 Å². The van der Waals surface area contributed by atoms with Crippen molar-refractivity contribution in [3.8, 4) is 0 Å². The molecular formula is C15H28N2O. The van der Waals surface area contributed by atoms with E-state index in [1.807, 2.05) is 0 Å². The van der Waals surface area contributed by atoms with Gasteiger partial charge >= 0.3 is 0 Å². The van der Waals surface area contributed by atoms with Gasteiger partial charge in [-0.2, -0.15) is 0 Å². The topological polar surface area (TPSA) is 41.1 Å². The van der Waals surface area contributed by atoms with Crippen molar-refractivity contribution in [2.75, 3.05) is 0 Å². The van der Waals surface area contributed by atoms with Gasteiger partial charge in [-0.15, -0.1) is 0 Å². The Bertz CT molecular complexity index is 287. The molecule has 0 aromatic rings. The molecule has 3 nitrogen and oxygen atoms in total. The van der Waals surface area contributed by atoms with Crippen molar-refractivity contribution in [3.05, 3.63) is 0 Å². The Kier molecular flexibility index (Phi) is 4.31. The number of hydrogen-bond donors (Lipinski definition) is 2. The normalized spacial score (nSPS) is 32.1. The Morgan fingerprint density at radius 3 is 2.72 bits per heavy atom. The molecule has 0 bridgehead atoms. The lowest BCUT2D eigenvalue weighted by atomic mass is 9.85. The van der Waals surface area contributed by atoms with Gasteiger partial charge in [-0.3, -0.25) is 4.79 Å². The first-order valence-electron chi connectivity index (χ1n) is 7.60. The minimum absolute atomic E-state index is 0.0502. The maximum absolute atomic E-state index is 12.3. The van der Waals surface area contributed by atoms with E-state index >= 15 is 0 Å². The Morgan fingerprint density at radius 2 is 2.06 bits per heavy atom. The van der Waals surface area contributed by atoms with Gasteiger partial charge in [0.1, 0.15) is 0 Å². The second-order valence-corrected chi connectivity index (χ2v) is 6.73. The second-order valence-electron chi connectivity index (χ2n) is 6.73. The molecule has 1 aliphatic heterocycles. The largest absolute Gasteiger partial charge is 0.350 e. The molecule has 3 atom stereocenters. The van der Waals surface area contributed by atoms with E-state index in [2.05, 4.69) is 31.4 Å². The van der Waals surface area contributed by atoms with E-state index in [-0.39, 0.29) is 17.5 Å². The molecular weight excluding hydrogens is 224 g/mol. The first-order valence-corrected chi connectivity index (χ1v) is 7.60. The van der Waals surface area contributed by atoms with Crippen LogP contribution in [0.3, 0.4) is 0 Å². The van der Waals surface area contributed by atoms with Crippen LogP contribution < -0.4 is 10.6 Å². The number of hydrogen-bond acceptors (Lipinski definition) is 2. The summed E-state index contributed by atoms with van der Waals surface area (Å²) in [5.74, 6) is 0.951. The summed E-state index contributed by atoms with van der Waals surface area (Å²) in [5.41, 5.74) is -0.0682. The average Bonchev–Trinajstić information content (AvgIpc) is 2.71. The third kappa shape index (κ3) is 3.25. The highest BCUT2D eigenvalue weighted by Crippen LogP contribution is 2.33. The maximum atomic E-state index is 12.3. The number of fused-ring (bicyclic) bond motifs is 1. The van der Waals surface area contributed by atoms with Crippen molar-refractivity contribution in [2.45, 2.75) is 83.3 Å². The molecule has 1 amide bonds. The number of carbonyl (C=O) groups is 1. The number of carbonyl (C=O) groups excluding carboxylic acids is 1. The van der Waals surface area contributed by atoms with Gasteiger partial charge in [-0.25, -0.2) is 0 Å². The highest BCUT2D eigenvalue weighted by Gasteiger charge is 2.39. The second kappa shape index (κ2) is 5.60. The Balaban J connectivity index is 1.87. The van der Waals surface area contributed by atoms with E-state index in [1.54, 1.807) is 0 Å². The summed E-state index contributed by atoms with van der Waals surface area (Å²) >= 11 is 0. The van der Waals surface area contributed by atoms with Crippen LogP contribution in [0.25, 0.3) is 0 Å². The molecule has 2 N–H and O–H groups in total. The Morgan fingerprint density at radius 1 is 1.33 bits per heavy atom. The number of amides is 1. The first kappa shape index (κ1) is 13.9. The maximum Gasteiger partial charge on any atom is 0.237 e. The van der Waals surface area contributed by atoms with Crippen molar-refractivity contribution in [1.29, 1.82) is 0 Å². The fraction of sp³-hybridized carbons (Fsp3) is 0.933. The molecule has 0 aromatic carbocycles. The van der Waals surface area contributed by atoms with Crippen LogP contribution in [0.4, 0.5) is 0 Å². The van der Waals surface area contributed by atoms with E-state index < -0.39 is 0 Å². The van der Waals surface area contributed by atoms with Gasteiger partial charge in [0.2, 0.25) is 5.91 Å². The van der Waals surface area contributed by atoms with Crippen LogP contribution in [-0.2, 0) is 4.79 Å². The van der Waals surface area contributed by atoms with E-state index in [0.717, 1.165) is 25.2 Å². The van der Waals surface area contributed by atoms with Gasteiger partial charge in [0.05, 0.1) is 6.04 Å². The van der Waals surface area contributed by atoms with Gasteiger partial charge in [-0.05, 0) is 45.4 Å². The van der Waals surface area contributed by atoms with Gasteiger partial charge in [0.15, 0.2) is 0 Å². The van der Waals surface area contributed by atoms with E-state index in [9.17, 15) is 4.79 Å². The van der Waals surface area contributed by atoms with Crippen LogP contribution >= 0.6 is 0 Å². The van der Waals surface area contributed by atoms with Crippen LogP contribution in [0.5, 0.6) is 0 Å². The van der Waals surface area contributed by atoms with E-state index in [1.165, 1.54) is 25.7 Å². The van der Waals surface area contributed by atoms with Gasteiger partial charge in [-0.1, -0.05) is 26.2 Å². The van der Waals surface area contributed by atoms with E-state index in [4.69, 9.17) is 0 Å². The van der Waals surface area contributed by atoms with Gasteiger partial charge in [0, 0.05) is 11.6 Å². The fourth-order valence-electron chi connectivity index (χ4n) is 3.63. The number of nitrogens with one attached hydrogen (secondary N) is 2. The van der Waals surface area contributed by atoms with Crippen molar-refractivity contribution >= 4 is 5.91 Å². The molecule has 104 valence electrons. The molecule has 1 aliphatic carbocycles. The van der Waals surface area contributed by atoms with Crippen molar-refractivity contribution < 1.29 is 4.79 Å². The summed E-state index contributed by atoms with van der Waals surface area (Å²) in [7, 11) is 0. The van der Waals surface area contributed by atoms with Crippen molar-refractivity contribution in [1.82, 2.24) is 10.6 Å². The van der Waals surface area contributed by atoms with Crippen LogP contribution in [-0.4, -0.2) is 23.5 Å². The summed E-state index contributed by atoms with van der Waals surface area (Å²) in [4.78, 5) is 12.3. The SMILES string of the molecule is CCCC(C)(C)NC(=O)C1CC2CCCCC2N1. The molecule has 0 aromatic heterocycles. The lowest BCUT2D eigenvalue weighted by Crippen LogP contribution is -2.51. The molecule has 2 rings (SSSR count). The standard InChI is InChI=1S/C15H28N2O/c1-4-9-15(2,3)17-14(18)13-10-11-7-5-6-8-12(11)16-13/h11-13,16H,4-10H2,1-3H3,(H,17,18). The summed E-state index contributed by atoms with van der Waals surface area (Å²) < 4.78 is 0. The third-order valence-electron chi connectivity index (χ3n) is 4.52. The molecule has 1 heterocycles. The zero-order valence-electron chi connectivity index (χ0n) is 12.1. The average molecular weight is 252 g/mol. The smallest absolute Gasteiger partial charge is 0.237 e. The molecule has 0 spiro atoms. The molecule has 2 fully saturated rings. The van der Waals surface area contributed by atoms with Crippen LogP contribution in [0, 0.1) is 5.92 Å². The first-order chi connectivity index (χ1) is 8.52. The Labute approximate surface area is 111 Å². The zero-order valence-corrected chi connectivity index (χ0v) is 12.1. The predicted octanol–water partition coefficient (Wildman–Crippen LogP) is 2.60. The molecule has 2 aliphatic rings. The quantitative estimate of drug-likeness (QED) is 0.807. The Hall–Kier alpha value is -0.570. The van der Waals surface area contributed by atoms with E-state index in [0.29, 0.717) is 6.04 Å². The molecule has 18 heavy (non-hydrogen) atoms. The van der Waals surface area contributed by atoms with Crippen molar-refractivity contribution in [3.63, 3.8) is 0 Å². The lowest BCUT2D eigenvalue weighted by molar-refractivity contribution is -0.124. The molecule has 1 saturated heterocycles. The predicted molar refractivity (Wildman–Crippen MR) is 74.4 cm³/mol. The van der Waals surface area contributed by atoms with Gasteiger partial charge < -0.3 is 10.6 Å². The number of rotatable bonds is 4. The summed E-state index contributed by atoms with van der Waals surface area (Å²) in [6.45, 7) is 6.41. The summed E-state index contributed by atoms with van der Waals surface area (Å²) in [6, 6.07) is 0.651. The molecule has 0 radical (unpaired) electrons. The highest BCUT2D eigenvalue weighted by molar-refractivity contribution is 5.82. The molecule has 3 heteroatoms. The summed E-state index contributed by atoms with van der Waals surface area (Å²) in [5, 5.41) is 6.75. The van der Waals surface area contributed by atoms with Crippen molar-refractivity contribution in [2.24, 2.45) is 5.92 Å². The minimum Gasteiger partial charge on any atom is -0.350 e. The fourth-order valence-corrected chi connectivity index (χ4v) is 3.63. The minimum atomic E-state index is -0.0682. The van der Waals surface area contributed by atoms with Gasteiger partial charge in [0.25, 0.3) is 0 Å².